The Kier molecular flexibility index (Phi) is 4.23. The lowest BCUT2D eigenvalue weighted by molar-refractivity contribution is 0.662. The van der Waals surface area contributed by atoms with Crippen molar-refractivity contribution >= 4 is 6.08 Å². The first-order valence-electron chi connectivity index (χ1n) is 7.07. The Morgan fingerprint density at radius 1 is 1.22 bits per heavy atom. The fourth-order valence-corrected chi connectivity index (χ4v) is 2.28. The Hall–Kier alpha value is -1.08. The average molecular weight is 243 g/mol. The predicted molar refractivity (Wildman–Crippen MR) is 79.8 cm³/mol. The van der Waals surface area contributed by atoms with Gasteiger partial charge >= 0.3 is 0 Å². The lowest BCUT2D eigenvalue weighted by atomic mass is 9.98. The predicted octanol–water partition coefficient (Wildman–Crippen LogP) is 4.09. The highest BCUT2D eigenvalue weighted by molar-refractivity contribution is 5.55. The summed E-state index contributed by atoms with van der Waals surface area (Å²) in [6, 6.07) is 7.56. The number of rotatable bonds is 5. The zero-order valence-corrected chi connectivity index (χ0v) is 12.1. The molecule has 0 bridgehead atoms. The van der Waals surface area contributed by atoms with Gasteiger partial charge in [0, 0.05) is 12.6 Å². The van der Waals surface area contributed by atoms with Crippen molar-refractivity contribution in [1.82, 2.24) is 5.32 Å². The molecule has 0 heterocycles. The molecule has 1 aliphatic carbocycles. The van der Waals surface area contributed by atoms with Crippen LogP contribution in [-0.2, 0) is 0 Å². The highest BCUT2D eigenvalue weighted by Crippen LogP contribution is 2.21. The Morgan fingerprint density at radius 2 is 1.83 bits per heavy atom. The van der Waals surface area contributed by atoms with Crippen LogP contribution in [0.3, 0.4) is 0 Å². The minimum Gasteiger partial charge on any atom is -0.310 e. The summed E-state index contributed by atoms with van der Waals surface area (Å²) in [5, 5.41) is 3.62. The number of aryl methyl sites for hydroxylation is 2. The molecule has 0 radical (unpaired) electrons. The van der Waals surface area contributed by atoms with Gasteiger partial charge < -0.3 is 5.32 Å². The van der Waals surface area contributed by atoms with E-state index in [2.05, 4.69) is 57.3 Å². The summed E-state index contributed by atoms with van der Waals surface area (Å²) in [7, 11) is 0. The van der Waals surface area contributed by atoms with Crippen molar-refractivity contribution < 1.29 is 0 Å². The topological polar surface area (TPSA) is 12.0 Å². The van der Waals surface area contributed by atoms with E-state index in [-0.39, 0.29) is 0 Å². The van der Waals surface area contributed by atoms with Crippen molar-refractivity contribution in [3.8, 4) is 0 Å². The van der Waals surface area contributed by atoms with Gasteiger partial charge in [-0.1, -0.05) is 54.8 Å². The van der Waals surface area contributed by atoms with E-state index in [9.17, 15) is 0 Å². The molecule has 98 valence electrons. The zero-order valence-electron chi connectivity index (χ0n) is 12.1. The van der Waals surface area contributed by atoms with Crippen molar-refractivity contribution in [2.75, 3.05) is 6.54 Å². The highest BCUT2D eigenvalue weighted by atomic mass is 14.9. The molecule has 2 rings (SSSR count). The molecule has 0 saturated heterocycles. The van der Waals surface area contributed by atoms with Crippen LogP contribution in [0, 0.1) is 19.8 Å². The van der Waals surface area contributed by atoms with Gasteiger partial charge in [-0.3, -0.25) is 0 Å². The van der Waals surface area contributed by atoms with Crippen LogP contribution in [0.5, 0.6) is 0 Å². The van der Waals surface area contributed by atoms with Crippen LogP contribution < -0.4 is 5.32 Å². The lowest BCUT2D eigenvalue weighted by Gasteiger charge is -2.13. The molecule has 1 aromatic carbocycles. The van der Waals surface area contributed by atoms with E-state index in [0.717, 1.165) is 12.6 Å². The van der Waals surface area contributed by atoms with Crippen LogP contribution >= 0.6 is 0 Å². The van der Waals surface area contributed by atoms with E-state index in [0.29, 0.717) is 5.92 Å². The standard InChI is InChI=1S/C17H25N/c1-12(2)16(11-18-17-5-6-17)10-15-8-13(3)7-14(4)9-15/h7-10,12,17-18H,5-6,11H2,1-4H3. The molecule has 1 N–H and O–H groups in total. The molecule has 0 atom stereocenters. The van der Waals surface area contributed by atoms with Crippen molar-refractivity contribution in [2.45, 2.75) is 46.6 Å². The van der Waals surface area contributed by atoms with E-state index in [4.69, 9.17) is 0 Å². The van der Waals surface area contributed by atoms with Crippen LogP contribution in [0.4, 0.5) is 0 Å². The van der Waals surface area contributed by atoms with Gasteiger partial charge in [0.1, 0.15) is 0 Å². The van der Waals surface area contributed by atoms with E-state index in [1.807, 2.05) is 0 Å². The third kappa shape index (κ3) is 3.99. The number of benzene rings is 1. The molecule has 18 heavy (non-hydrogen) atoms. The van der Waals surface area contributed by atoms with Gasteiger partial charge in [0.25, 0.3) is 0 Å². The number of nitrogens with one attached hydrogen (secondary N) is 1. The van der Waals surface area contributed by atoms with Crippen LogP contribution in [-0.4, -0.2) is 12.6 Å². The van der Waals surface area contributed by atoms with Crippen molar-refractivity contribution in [3.63, 3.8) is 0 Å². The molecule has 0 amide bonds. The lowest BCUT2D eigenvalue weighted by Crippen LogP contribution is -2.21. The molecule has 0 aliphatic heterocycles. The second kappa shape index (κ2) is 5.71. The molecule has 0 unspecified atom stereocenters. The molecule has 1 fully saturated rings. The summed E-state index contributed by atoms with van der Waals surface area (Å²) in [5.74, 6) is 0.608. The summed E-state index contributed by atoms with van der Waals surface area (Å²) in [6.07, 6.45) is 5.07. The smallest absolute Gasteiger partial charge is 0.0173 e. The van der Waals surface area contributed by atoms with Gasteiger partial charge in [-0.15, -0.1) is 0 Å². The number of hydrogen-bond donors (Lipinski definition) is 1. The van der Waals surface area contributed by atoms with E-state index in [1.165, 1.54) is 35.1 Å². The van der Waals surface area contributed by atoms with Gasteiger partial charge in [-0.05, 0) is 38.2 Å². The van der Waals surface area contributed by atoms with Gasteiger partial charge in [-0.2, -0.15) is 0 Å². The molecule has 1 aliphatic rings. The zero-order chi connectivity index (χ0) is 13.1. The normalized spacial score (nSPS) is 16.4. The van der Waals surface area contributed by atoms with Gasteiger partial charge in [0.2, 0.25) is 0 Å². The Balaban J connectivity index is 2.13. The first-order valence-corrected chi connectivity index (χ1v) is 7.07. The third-order valence-corrected chi connectivity index (χ3v) is 3.51. The summed E-state index contributed by atoms with van der Waals surface area (Å²) in [6.45, 7) is 9.94. The molecule has 1 nitrogen and oxygen atoms in total. The summed E-state index contributed by atoms with van der Waals surface area (Å²) >= 11 is 0. The Bertz CT molecular complexity index is 419. The molecule has 1 aromatic rings. The fraction of sp³-hybridized carbons (Fsp3) is 0.529. The Morgan fingerprint density at radius 3 is 2.33 bits per heavy atom. The van der Waals surface area contributed by atoms with Gasteiger partial charge in [-0.25, -0.2) is 0 Å². The maximum atomic E-state index is 3.62. The van der Waals surface area contributed by atoms with Crippen molar-refractivity contribution in [3.05, 3.63) is 40.5 Å². The largest absolute Gasteiger partial charge is 0.310 e. The third-order valence-electron chi connectivity index (χ3n) is 3.51. The average Bonchev–Trinajstić information content (AvgIpc) is 3.06. The maximum Gasteiger partial charge on any atom is 0.0173 e. The van der Waals surface area contributed by atoms with Crippen LogP contribution in [0.2, 0.25) is 0 Å². The summed E-state index contributed by atoms with van der Waals surface area (Å²) in [4.78, 5) is 0. The number of hydrogen-bond acceptors (Lipinski definition) is 1. The molecule has 0 aromatic heterocycles. The first kappa shape index (κ1) is 13.4. The van der Waals surface area contributed by atoms with Crippen LogP contribution in [0.1, 0.15) is 43.4 Å². The second-order valence-corrected chi connectivity index (χ2v) is 5.95. The Labute approximate surface area is 111 Å². The minimum absolute atomic E-state index is 0.608. The van der Waals surface area contributed by atoms with E-state index >= 15 is 0 Å². The quantitative estimate of drug-likeness (QED) is 0.821. The van der Waals surface area contributed by atoms with Crippen LogP contribution in [0.15, 0.2) is 23.8 Å². The molecular formula is C17H25N. The monoisotopic (exact) mass is 243 g/mol. The molecular weight excluding hydrogens is 218 g/mol. The van der Waals surface area contributed by atoms with Gasteiger partial charge in [0.15, 0.2) is 0 Å². The summed E-state index contributed by atoms with van der Waals surface area (Å²) < 4.78 is 0. The second-order valence-electron chi connectivity index (χ2n) is 5.95. The van der Waals surface area contributed by atoms with Crippen molar-refractivity contribution in [1.29, 1.82) is 0 Å². The van der Waals surface area contributed by atoms with E-state index < -0.39 is 0 Å². The summed E-state index contributed by atoms with van der Waals surface area (Å²) in [5.41, 5.74) is 5.54. The SMILES string of the molecule is Cc1cc(C)cc(C=C(CNC2CC2)C(C)C)c1. The van der Waals surface area contributed by atoms with Gasteiger partial charge in [0.05, 0.1) is 0 Å². The van der Waals surface area contributed by atoms with Crippen molar-refractivity contribution in [2.24, 2.45) is 5.92 Å². The van der Waals surface area contributed by atoms with E-state index in [1.54, 1.807) is 0 Å². The molecule has 0 spiro atoms. The highest BCUT2D eigenvalue weighted by Gasteiger charge is 2.20. The molecule has 1 saturated carbocycles. The first-order chi connectivity index (χ1) is 8.54. The van der Waals surface area contributed by atoms with Crippen LogP contribution in [0.25, 0.3) is 6.08 Å². The fourth-order valence-electron chi connectivity index (χ4n) is 2.28. The minimum atomic E-state index is 0.608. The maximum absolute atomic E-state index is 3.62. The molecule has 1 heteroatoms.